The highest BCUT2D eigenvalue weighted by Gasteiger charge is 2.25. The molecule has 1 fully saturated rings. The quantitative estimate of drug-likeness (QED) is 0.722. The zero-order valence-electron chi connectivity index (χ0n) is 8.70. The van der Waals surface area contributed by atoms with E-state index in [4.69, 9.17) is 0 Å². The Kier molecular flexibility index (Phi) is 3.56. The van der Waals surface area contributed by atoms with Crippen LogP contribution < -0.4 is 5.32 Å². The van der Waals surface area contributed by atoms with Crippen molar-refractivity contribution in [2.45, 2.75) is 25.4 Å². The Hall–Kier alpha value is -0.380. The van der Waals surface area contributed by atoms with Gasteiger partial charge in [-0.15, -0.1) is 0 Å². The molecule has 1 N–H and O–H groups in total. The average molecular weight is 210 g/mol. The second-order valence-corrected chi connectivity index (χ2v) is 4.80. The second-order valence-electron chi connectivity index (χ2n) is 4.02. The minimum Gasteiger partial charge on any atom is -0.311 e. The average Bonchev–Trinajstić information content (AvgIpc) is 2.92. The number of thiophene rings is 1. The van der Waals surface area contributed by atoms with E-state index in [9.17, 15) is 0 Å². The van der Waals surface area contributed by atoms with Gasteiger partial charge in [-0.1, -0.05) is 0 Å². The summed E-state index contributed by atoms with van der Waals surface area (Å²) in [6.07, 6.45) is 2.81. The van der Waals surface area contributed by atoms with E-state index in [0.717, 1.165) is 19.1 Å². The highest BCUT2D eigenvalue weighted by molar-refractivity contribution is 7.07. The molecule has 0 unspecified atom stereocenters. The summed E-state index contributed by atoms with van der Waals surface area (Å²) < 4.78 is 0. The van der Waals surface area contributed by atoms with E-state index < -0.39 is 0 Å². The van der Waals surface area contributed by atoms with Crippen molar-refractivity contribution < 1.29 is 0 Å². The van der Waals surface area contributed by atoms with Gasteiger partial charge < -0.3 is 10.2 Å². The molecule has 0 bridgehead atoms. The summed E-state index contributed by atoms with van der Waals surface area (Å²) in [5.41, 5.74) is 1.41. The lowest BCUT2D eigenvalue weighted by atomic mass is 10.3. The van der Waals surface area contributed by atoms with Gasteiger partial charge in [0.05, 0.1) is 0 Å². The van der Waals surface area contributed by atoms with E-state index in [1.54, 1.807) is 11.3 Å². The first kappa shape index (κ1) is 10.1. The van der Waals surface area contributed by atoms with Crippen LogP contribution in [-0.2, 0) is 6.54 Å². The SMILES string of the molecule is CN(CCNCc1ccsc1)C1CC1. The number of hydrogen-bond donors (Lipinski definition) is 1. The minimum atomic E-state index is 0.887. The van der Waals surface area contributed by atoms with Gasteiger partial charge in [-0.2, -0.15) is 11.3 Å². The highest BCUT2D eigenvalue weighted by atomic mass is 32.1. The van der Waals surface area contributed by atoms with E-state index in [1.807, 2.05) is 0 Å². The van der Waals surface area contributed by atoms with E-state index in [-0.39, 0.29) is 0 Å². The third kappa shape index (κ3) is 3.08. The zero-order chi connectivity index (χ0) is 9.80. The molecule has 0 aromatic carbocycles. The molecule has 0 atom stereocenters. The molecule has 1 heterocycles. The Morgan fingerprint density at radius 3 is 3.07 bits per heavy atom. The highest BCUT2D eigenvalue weighted by Crippen LogP contribution is 2.24. The van der Waals surface area contributed by atoms with Crippen LogP contribution >= 0.6 is 11.3 Å². The van der Waals surface area contributed by atoms with Gasteiger partial charge in [0.15, 0.2) is 0 Å². The van der Waals surface area contributed by atoms with Crippen molar-refractivity contribution >= 4 is 11.3 Å². The normalized spacial score (nSPS) is 16.4. The van der Waals surface area contributed by atoms with Gasteiger partial charge in [-0.3, -0.25) is 0 Å². The fourth-order valence-electron chi connectivity index (χ4n) is 1.58. The maximum absolute atomic E-state index is 3.47. The molecule has 0 aliphatic heterocycles. The predicted molar refractivity (Wildman–Crippen MR) is 61.7 cm³/mol. The number of nitrogens with zero attached hydrogens (tertiary/aromatic N) is 1. The maximum Gasteiger partial charge on any atom is 0.0214 e. The van der Waals surface area contributed by atoms with E-state index in [1.165, 1.54) is 24.9 Å². The molecule has 1 saturated carbocycles. The summed E-state index contributed by atoms with van der Waals surface area (Å²) in [4.78, 5) is 2.46. The fourth-order valence-corrected chi connectivity index (χ4v) is 2.25. The minimum absolute atomic E-state index is 0.887. The first-order valence-corrected chi connectivity index (χ1v) is 6.22. The third-order valence-corrected chi connectivity index (χ3v) is 3.45. The molecule has 1 aromatic heterocycles. The molecule has 2 rings (SSSR count). The maximum atomic E-state index is 3.47. The molecule has 1 aromatic rings. The summed E-state index contributed by atoms with van der Waals surface area (Å²) in [6.45, 7) is 3.29. The summed E-state index contributed by atoms with van der Waals surface area (Å²) in [5.74, 6) is 0. The molecule has 0 spiro atoms. The molecule has 1 aliphatic carbocycles. The first-order chi connectivity index (χ1) is 6.86. The Balaban J connectivity index is 1.54. The lowest BCUT2D eigenvalue weighted by Crippen LogP contribution is -2.30. The van der Waals surface area contributed by atoms with Crippen molar-refractivity contribution in [3.8, 4) is 0 Å². The van der Waals surface area contributed by atoms with Crippen LogP contribution in [0, 0.1) is 0 Å². The van der Waals surface area contributed by atoms with Crippen molar-refractivity contribution in [2.75, 3.05) is 20.1 Å². The van der Waals surface area contributed by atoms with E-state index in [0.29, 0.717) is 0 Å². The molecule has 0 amide bonds. The van der Waals surface area contributed by atoms with Crippen LogP contribution in [0.5, 0.6) is 0 Å². The fraction of sp³-hybridized carbons (Fsp3) is 0.636. The summed E-state index contributed by atoms with van der Waals surface area (Å²) in [6, 6.07) is 3.07. The lowest BCUT2D eigenvalue weighted by molar-refractivity contribution is 0.321. The second kappa shape index (κ2) is 4.91. The third-order valence-electron chi connectivity index (χ3n) is 2.72. The summed E-state index contributed by atoms with van der Waals surface area (Å²) in [5, 5.41) is 7.80. The molecular formula is C11H18N2S. The van der Waals surface area contributed by atoms with Crippen molar-refractivity contribution in [2.24, 2.45) is 0 Å². The van der Waals surface area contributed by atoms with Gasteiger partial charge in [0.25, 0.3) is 0 Å². The van der Waals surface area contributed by atoms with Crippen molar-refractivity contribution in [3.63, 3.8) is 0 Å². The molecule has 14 heavy (non-hydrogen) atoms. The number of nitrogens with one attached hydrogen (secondary N) is 1. The van der Waals surface area contributed by atoms with E-state index in [2.05, 4.69) is 34.1 Å². The Morgan fingerprint density at radius 2 is 2.43 bits per heavy atom. The topological polar surface area (TPSA) is 15.3 Å². The summed E-state index contributed by atoms with van der Waals surface area (Å²) >= 11 is 1.77. The van der Waals surface area contributed by atoms with Gasteiger partial charge in [0.1, 0.15) is 0 Å². The Labute approximate surface area is 89.9 Å². The van der Waals surface area contributed by atoms with E-state index >= 15 is 0 Å². The largest absolute Gasteiger partial charge is 0.311 e. The molecule has 3 heteroatoms. The Bertz CT molecular complexity index is 254. The molecule has 0 saturated heterocycles. The lowest BCUT2D eigenvalue weighted by Gasteiger charge is -2.15. The van der Waals surface area contributed by atoms with Crippen molar-refractivity contribution in [1.29, 1.82) is 0 Å². The van der Waals surface area contributed by atoms with Gasteiger partial charge in [0.2, 0.25) is 0 Å². The Morgan fingerprint density at radius 1 is 1.57 bits per heavy atom. The van der Waals surface area contributed by atoms with Gasteiger partial charge >= 0.3 is 0 Å². The molecule has 2 nitrogen and oxygen atoms in total. The van der Waals surface area contributed by atoms with Crippen LogP contribution in [0.4, 0.5) is 0 Å². The van der Waals surface area contributed by atoms with Crippen molar-refractivity contribution in [1.82, 2.24) is 10.2 Å². The molecule has 0 radical (unpaired) electrons. The van der Waals surface area contributed by atoms with Crippen LogP contribution in [0.15, 0.2) is 16.8 Å². The molecular weight excluding hydrogens is 192 g/mol. The summed E-state index contributed by atoms with van der Waals surface area (Å²) in [7, 11) is 2.23. The number of rotatable bonds is 6. The van der Waals surface area contributed by atoms with Crippen LogP contribution in [0.3, 0.4) is 0 Å². The zero-order valence-corrected chi connectivity index (χ0v) is 9.52. The van der Waals surface area contributed by atoms with Crippen LogP contribution in [0.2, 0.25) is 0 Å². The van der Waals surface area contributed by atoms with Gasteiger partial charge in [0, 0.05) is 25.7 Å². The van der Waals surface area contributed by atoms with Crippen LogP contribution in [-0.4, -0.2) is 31.1 Å². The first-order valence-electron chi connectivity index (χ1n) is 5.28. The molecule has 78 valence electrons. The number of likely N-dealkylation sites (N-methyl/N-ethyl adjacent to an activating group) is 1. The smallest absolute Gasteiger partial charge is 0.0214 e. The van der Waals surface area contributed by atoms with Gasteiger partial charge in [-0.25, -0.2) is 0 Å². The van der Waals surface area contributed by atoms with Crippen molar-refractivity contribution in [3.05, 3.63) is 22.4 Å². The standard InChI is InChI=1S/C11H18N2S/c1-13(11-2-3-11)6-5-12-8-10-4-7-14-9-10/h4,7,9,11-12H,2-3,5-6,8H2,1H3. The predicted octanol–water partition coefficient (Wildman–Crippen LogP) is 1.93. The van der Waals surface area contributed by atoms with Crippen LogP contribution in [0.25, 0.3) is 0 Å². The monoisotopic (exact) mass is 210 g/mol. The van der Waals surface area contributed by atoms with Crippen LogP contribution in [0.1, 0.15) is 18.4 Å². The molecule has 1 aliphatic rings. The van der Waals surface area contributed by atoms with Gasteiger partial charge in [-0.05, 0) is 42.3 Å². The number of hydrogen-bond acceptors (Lipinski definition) is 3.